The van der Waals surface area contributed by atoms with E-state index in [1.165, 1.54) is 32.9 Å². The van der Waals surface area contributed by atoms with Crippen molar-refractivity contribution in [1.82, 2.24) is 13.6 Å². The molecule has 7 nitrogen and oxygen atoms in total. The Bertz CT molecular complexity index is 1040. The molecule has 0 radical (unpaired) electrons. The lowest BCUT2D eigenvalue weighted by atomic mass is 10.2. The Morgan fingerprint density at radius 3 is 2.17 bits per heavy atom. The summed E-state index contributed by atoms with van der Waals surface area (Å²) in [6, 6.07) is 9.25. The summed E-state index contributed by atoms with van der Waals surface area (Å²) in [4.78, 5) is 4.32. The quantitative estimate of drug-likeness (QED) is 0.667. The highest BCUT2D eigenvalue weighted by Gasteiger charge is 2.38. The molecule has 9 heteroatoms. The zero-order valence-electron chi connectivity index (χ0n) is 16.1. The van der Waals surface area contributed by atoms with E-state index in [0.29, 0.717) is 13.1 Å². The second kappa shape index (κ2) is 8.14. The lowest BCUT2D eigenvalue weighted by molar-refractivity contribution is 0.346. The summed E-state index contributed by atoms with van der Waals surface area (Å²) < 4.78 is 55.0. The summed E-state index contributed by atoms with van der Waals surface area (Å²) in [7, 11) is -7.31. The fourth-order valence-corrected chi connectivity index (χ4v) is 6.81. The molecular weight excluding hydrogens is 410 g/mol. The van der Waals surface area contributed by atoms with E-state index < -0.39 is 20.0 Å². The third-order valence-electron chi connectivity index (χ3n) is 5.40. The van der Waals surface area contributed by atoms with Crippen LogP contribution in [0.1, 0.15) is 37.7 Å². The van der Waals surface area contributed by atoms with E-state index in [-0.39, 0.29) is 22.4 Å². The molecule has 2 aliphatic rings. The average Bonchev–Trinajstić information content (AvgIpc) is 3.58. The van der Waals surface area contributed by atoms with Crippen molar-refractivity contribution in [2.24, 2.45) is 0 Å². The second-order valence-electron chi connectivity index (χ2n) is 7.58. The predicted molar refractivity (Wildman–Crippen MR) is 109 cm³/mol. The fourth-order valence-electron chi connectivity index (χ4n) is 3.62. The monoisotopic (exact) mass is 435 g/mol. The van der Waals surface area contributed by atoms with E-state index in [0.717, 1.165) is 37.7 Å². The van der Waals surface area contributed by atoms with Gasteiger partial charge in [-0.25, -0.2) is 16.8 Å². The number of sulfonamides is 2. The fraction of sp³-hybridized carbons (Fsp3) is 0.450. The molecular formula is C20H25N3O4S2. The maximum Gasteiger partial charge on any atom is 0.243 e. The van der Waals surface area contributed by atoms with Crippen LogP contribution in [-0.4, -0.2) is 49.6 Å². The van der Waals surface area contributed by atoms with Crippen LogP contribution in [0.25, 0.3) is 0 Å². The first-order valence-corrected chi connectivity index (χ1v) is 12.8. The number of pyridine rings is 1. The van der Waals surface area contributed by atoms with Crippen molar-refractivity contribution in [3.63, 3.8) is 0 Å². The molecule has 29 heavy (non-hydrogen) atoms. The number of nitrogens with zero attached hydrogens (tertiary/aromatic N) is 3. The minimum atomic E-state index is -3.73. The molecule has 0 atom stereocenters. The van der Waals surface area contributed by atoms with Crippen molar-refractivity contribution >= 4 is 20.0 Å². The van der Waals surface area contributed by atoms with E-state index >= 15 is 0 Å². The van der Waals surface area contributed by atoms with Crippen molar-refractivity contribution in [3.05, 3.63) is 54.4 Å². The summed E-state index contributed by atoms with van der Waals surface area (Å²) in [5, 5.41) is 0. The van der Waals surface area contributed by atoms with Gasteiger partial charge in [-0.15, -0.1) is 0 Å². The Balaban J connectivity index is 1.58. The van der Waals surface area contributed by atoms with Crippen LogP contribution < -0.4 is 0 Å². The molecule has 1 aromatic carbocycles. The molecule has 0 bridgehead atoms. The molecule has 2 heterocycles. The summed E-state index contributed by atoms with van der Waals surface area (Å²) in [6.07, 6.45) is 7.74. The van der Waals surface area contributed by atoms with Gasteiger partial charge in [0.1, 0.15) is 0 Å². The highest BCUT2D eigenvalue weighted by molar-refractivity contribution is 7.89. The number of hydrogen-bond donors (Lipinski definition) is 0. The van der Waals surface area contributed by atoms with E-state index in [1.54, 1.807) is 18.5 Å². The Hall–Kier alpha value is -1.81. The van der Waals surface area contributed by atoms with Gasteiger partial charge < -0.3 is 0 Å². The number of rotatable bonds is 7. The van der Waals surface area contributed by atoms with Crippen LogP contribution in [-0.2, 0) is 26.6 Å². The largest absolute Gasteiger partial charge is 0.264 e. The number of hydrogen-bond acceptors (Lipinski definition) is 5. The molecule has 156 valence electrons. The van der Waals surface area contributed by atoms with Gasteiger partial charge in [-0.2, -0.15) is 8.61 Å². The van der Waals surface area contributed by atoms with Crippen LogP contribution in [0.2, 0.25) is 0 Å². The molecule has 2 fully saturated rings. The van der Waals surface area contributed by atoms with Crippen molar-refractivity contribution in [3.8, 4) is 0 Å². The van der Waals surface area contributed by atoms with Crippen molar-refractivity contribution in [2.45, 2.75) is 54.5 Å². The summed E-state index contributed by atoms with van der Waals surface area (Å²) in [6.45, 7) is 1.29. The average molecular weight is 436 g/mol. The van der Waals surface area contributed by atoms with Crippen molar-refractivity contribution in [2.75, 3.05) is 13.1 Å². The molecule has 1 aromatic heterocycles. The Morgan fingerprint density at radius 2 is 1.59 bits per heavy atom. The van der Waals surface area contributed by atoms with Crippen molar-refractivity contribution in [1.29, 1.82) is 0 Å². The maximum atomic E-state index is 13.2. The Labute approximate surface area is 172 Å². The lowest BCUT2D eigenvalue weighted by Crippen LogP contribution is -2.35. The standard InChI is InChI=1S/C20H25N3O4S2/c24-28(25,22-13-2-1-3-14-22)19-8-10-20(11-9-19)29(26,27)23(18-6-7-18)16-17-5-4-12-21-15-17/h4-5,8-12,15,18H,1-3,6-7,13-14,16H2. The van der Waals surface area contributed by atoms with Gasteiger partial charge >= 0.3 is 0 Å². The SMILES string of the molecule is O=S(=O)(c1ccc(S(=O)(=O)N(Cc2cccnc2)C2CC2)cc1)N1CCCCC1. The minimum Gasteiger partial charge on any atom is -0.264 e. The Morgan fingerprint density at radius 1 is 0.931 bits per heavy atom. The molecule has 0 amide bonds. The first-order chi connectivity index (χ1) is 13.9. The van der Waals surface area contributed by atoms with Gasteiger partial charge in [0.05, 0.1) is 9.79 Å². The smallest absolute Gasteiger partial charge is 0.243 e. The van der Waals surface area contributed by atoms with Crippen LogP contribution in [0, 0.1) is 0 Å². The molecule has 0 N–H and O–H groups in total. The van der Waals surface area contributed by atoms with Gasteiger partial charge in [0, 0.05) is 38.1 Å². The zero-order valence-corrected chi connectivity index (χ0v) is 17.8. The summed E-state index contributed by atoms with van der Waals surface area (Å²) in [5.41, 5.74) is 0.826. The van der Waals surface area contributed by atoms with Crippen LogP contribution in [0.4, 0.5) is 0 Å². The third-order valence-corrected chi connectivity index (χ3v) is 9.22. The van der Waals surface area contributed by atoms with Gasteiger partial charge in [-0.05, 0) is 61.6 Å². The van der Waals surface area contributed by atoms with E-state index in [2.05, 4.69) is 4.98 Å². The second-order valence-corrected chi connectivity index (χ2v) is 11.4. The first kappa shape index (κ1) is 20.5. The molecule has 1 saturated heterocycles. The maximum absolute atomic E-state index is 13.2. The van der Waals surface area contributed by atoms with Crippen molar-refractivity contribution < 1.29 is 16.8 Å². The normalized spacial score (nSPS) is 18.8. The van der Waals surface area contributed by atoms with E-state index in [1.807, 2.05) is 6.07 Å². The molecule has 4 rings (SSSR count). The molecule has 0 unspecified atom stereocenters. The van der Waals surface area contributed by atoms with Crippen LogP contribution >= 0.6 is 0 Å². The van der Waals surface area contributed by atoms with E-state index in [4.69, 9.17) is 0 Å². The highest BCUT2D eigenvalue weighted by Crippen LogP contribution is 2.34. The first-order valence-electron chi connectivity index (χ1n) is 9.90. The highest BCUT2D eigenvalue weighted by atomic mass is 32.2. The van der Waals surface area contributed by atoms with E-state index in [9.17, 15) is 16.8 Å². The minimum absolute atomic E-state index is 0.0167. The zero-order chi connectivity index (χ0) is 20.5. The molecule has 1 aliphatic heterocycles. The van der Waals surface area contributed by atoms with Gasteiger partial charge in [0.15, 0.2) is 0 Å². The van der Waals surface area contributed by atoms with Crippen LogP contribution in [0.15, 0.2) is 58.6 Å². The molecule has 2 aromatic rings. The predicted octanol–water partition coefficient (Wildman–Crippen LogP) is 2.61. The van der Waals surface area contributed by atoms with Gasteiger partial charge in [0.2, 0.25) is 20.0 Å². The number of piperidine rings is 1. The Kier molecular flexibility index (Phi) is 5.74. The topological polar surface area (TPSA) is 87.6 Å². The lowest BCUT2D eigenvalue weighted by Gasteiger charge is -2.26. The number of benzene rings is 1. The summed E-state index contributed by atoms with van der Waals surface area (Å²) >= 11 is 0. The molecule has 0 spiro atoms. The van der Waals surface area contributed by atoms with Gasteiger partial charge in [-0.1, -0.05) is 12.5 Å². The van der Waals surface area contributed by atoms with Gasteiger partial charge in [0.25, 0.3) is 0 Å². The molecule has 1 saturated carbocycles. The van der Waals surface area contributed by atoms with Crippen LogP contribution in [0.5, 0.6) is 0 Å². The van der Waals surface area contributed by atoms with Gasteiger partial charge in [-0.3, -0.25) is 4.98 Å². The third kappa shape index (κ3) is 4.37. The molecule has 1 aliphatic carbocycles. The van der Waals surface area contributed by atoms with Crippen LogP contribution in [0.3, 0.4) is 0 Å². The number of aromatic nitrogens is 1. The summed E-state index contributed by atoms with van der Waals surface area (Å²) in [5.74, 6) is 0.